The van der Waals surface area contributed by atoms with Crippen molar-refractivity contribution in [2.24, 2.45) is 0 Å². The number of hydrogen-bond acceptors (Lipinski definition) is 7. The molecule has 0 saturated heterocycles. The fourth-order valence-corrected chi connectivity index (χ4v) is 4.49. The van der Waals surface area contributed by atoms with Gasteiger partial charge in [0.25, 0.3) is 0 Å². The van der Waals surface area contributed by atoms with Gasteiger partial charge in [-0.15, -0.1) is 10.2 Å². The number of ether oxygens (including phenoxy) is 3. The van der Waals surface area contributed by atoms with E-state index >= 15 is 0 Å². The van der Waals surface area contributed by atoms with Gasteiger partial charge in [0.15, 0.2) is 22.5 Å². The summed E-state index contributed by atoms with van der Waals surface area (Å²) < 4.78 is 18.7. The molecular formula is C27H26N4O4S. The Morgan fingerprint density at radius 3 is 2.58 bits per heavy atom. The minimum absolute atomic E-state index is 0.113. The van der Waals surface area contributed by atoms with E-state index in [1.165, 1.54) is 17.3 Å². The van der Waals surface area contributed by atoms with Crippen LogP contribution in [0.3, 0.4) is 0 Å². The number of carbonyl (C=O) groups excluding carboxylic acids is 1. The SMILES string of the molecule is CC(C)c1ccc(NC(=O)CSc2nnc(COc3ccc4c(c3)OCO4)n2-c2ccccc2)cc1. The molecule has 0 unspecified atom stereocenters. The van der Waals surface area contributed by atoms with Crippen molar-refractivity contribution in [2.75, 3.05) is 17.9 Å². The van der Waals surface area contributed by atoms with Crippen molar-refractivity contribution >= 4 is 23.4 Å². The van der Waals surface area contributed by atoms with E-state index in [4.69, 9.17) is 14.2 Å². The zero-order valence-electron chi connectivity index (χ0n) is 20.0. The molecule has 1 aliphatic rings. The lowest BCUT2D eigenvalue weighted by Crippen LogP contribution is -2.15. The molecule has 8 nitrogen and oxygen atoms in total. The summed E-state index contributed by atoms with van der Waals surface area (Å²) in [5, 5.41) is 12.2. The van der Waals surface area contributed by atoms with E-state index in [2.05, 4.69) is 29.4 Å². The van der Waals surface area contributed by atoms with Crippen molar-refractivity contribution in [3.8, 4) is 22.9 Å². The van der Waals surface area contributed by atoms with Crippen LogP contribution in [0.4, 0.5) is 5.69 Å². The number of aromatic nitrogens is 3. The maximum absolute atomic E-state index is 12.6. The summed E-state index contributed by atoms with van der Waals surface area (Å²) in [6, 6.07) is 23.1. The predicted molar refractivity (Wildman–Crippen MR) is 138 cm³/mol. The Labute approximate surface area is 213 Å². The highest BCUT2D eigenvalue weighted by Crippen LogP contribution is 2.35. The molecular weight excluding hydrogens is 476 g/mol. The molecule has 5 rings (SSSR count). The lowest BCUT2D eigenvalue weighted by molar-refractivity contribution is -0.113. The summed E-state index contributed by atoms with van der Waals surface area (Å²) in [4.78, 5) is 12.6. The molecule has 0 atom stereocenters. The van der Waals surface area contributed by atoms with Gasteiger partial charge >= 0.3 is 0 Å². The smallest absolute Gasteiger partial charge is 0.234 e. The largest absolute Gasteiger partial charge is 0.485 e. The van der Waals surface area contributed by atoms with Crippen LogP contribution < -0.4 is 19.5 Å². The van der Waals surface area contributed by atoms with Gasteiger partial charge in [-0.2, -0.15) is 0 Å². The van der Waals surface area contributed by atoms with Crippen molar-refractivity contribution in [3.63, 3.8) is 0 Å². The number of para-hydroxylation sites is 1. The van der Waals surface area contributed by atoms with Crippen LogP contribution in [0.1, 0.15) is 31.2 Å². The Balaban J connectivity index is 1.28. The summed E-state index contributed by atoms with van der Waals surface area (Å²) in [7, 11) is 0. The number of thioether (sulfide) groups is 1. The summed E-state index contributed by atoms with van der Waals surface area (Å²) in [6.07, 6.45) is 0. The van der Waals surface area contributed by atoms with Crippen molar-refractivity contribution in [3.05, 3.63) is 84.2 Å². The third-order valence-corrected chi connectivity index (χ3v) is 6.55. The minimum atomic E-state index is -0.113. The van der Waals surface area contributed by atoms with Gasteiger partial charge in [-0.1, -0.05) is 55.9 Å². The van der Waals surface area contributed by atoms with Crippen LogP contribution in [0, 0.1) is 0 Å². The van der Waals surface area contributed by atoms with Crippen LogP contribution in [0.5, 0.6) is 17.2 Å². The third-order valence-electron chi connectivity index (χ3n) is 5.62. The molecule has 36 heavy (non-hydrogen) atoms. The molecule has 2 heterocycles. The van der Waals surface area contributed by atoms with Crippen LogP contribution in [-0.2, 0) is 11.4 Å². The first-order valence-electron chi connectivity index (χ1n) is 11.6. The van der Waals surface area contributed by atoms with E-state index in [9.17, 15) is 4.79 Å². The average Bonchev–Trinajstić information content (AvgIpc) is 3.53. The van der Waals surface area contributed by atoms with Crippen LogP contribution >= 0.6 is 11.8 Å². The fraction of sp³-hybridized carbons (Fsp3) is 0.222. The lowest BCUT2D eigenvalue weighted by atomic mass is 10.0. The van der Waals surface area contributed by atoms with Crippen LogP contribution in [0.2, 0.25) is 0 Å². The maximum atomic E-state index is 12.6. The van der Waals surface area contributed by atoms with Gasteiger partial charge in [0, 0.05) is 17.4 Å². The summed E-state index contributed by atoms with van der Waals surface area (Å²) in [5.41, 5.74) is 2.89. The highest BCUT2D eigenvalue weighted by Gasteiger charge is 2.18. The molecule has 0 saturated carbocycles. The van der Waals surface area contributed by atoms with E-state index < -0.39 is 0 Å². The number of fused-ring (bicyclic) bond motifs is 1. The number of benzene rings is 3. The highest BCUT2D eigenvalue weighted by molar-refractivity contribution is 7.99. The van der Waals surface area contributed by atoms with E-state index in [0.29, 0.717) is 34.1 Å². The lowest BCUT2D eigenvalue weighted by Gasteiger charge is -2.12. The van der Waals surface area contributed by atoms with Gasteiger partial charge in [-0.25, -0.2) is 0 Å². The van der Waals surface area contributed by atoms with Crippen molar-refractivity contribution < 1.29 is 19.0 Å². The van der Waals surface area contributed by atoms with Crippen LogP contribution in [0.15, 0.2) is 78.0 Å². The normalized spacial score (nSPS) is 12.1. The summed E-state index contributed by atoms with van der Waals surface area (Å²) in [6.45, 7) is 4.68. The molecule has 1 aromatic heterocycles. The molecule has 0 spiro atoms. The van der Waals surface area contributed by atoms with E-state index in [1.807, 2.05) is 71.3 Å². The zero-order valence-corrected chi connectivity index (χ0v) is 20.8. The first kappa shape index (κ1) is 23.7. The number of anilines is 1. The summed E-state index contributed by atoms with van der Waals surface area (Å²) >= 11 is 1.32. The minimum Gasteiger partial charge on any atom is -0.485 e. The molecule has 184 valence electrons. The Hall–Kier alpha value is -3.98. The van der Waals surface area contributed by atoms with Gasteiger partial charge in [0.1, 0.15) is 12.4 Å². The van der Waals surface area contributed by atoms with E-state index in [-0.39, 0.29) is 25.1 Å². The molecule has 1 N–H and O–H groups in total. The average molecular weight is 503 g/mol. The van der Waals surface area contributed by atoms with Crippen LogP contribution in [0.25, 0.3) is 5.69 Å². The number of amides is 1. The molecule has 3 aromatic carbocycles. The first-order valence-corrected chi connectivity index (χ1v) is 12.6. The molecule has 0 fully saturated rings. The van der Waals surface area contributed by atoms with E-state index in [1.54, 1.807) is 6.07 Å². The molecule has 0 aliphatic carbocycles. The fourth-order valence-electron chi connectivity index (χ4n) is 3.72. The van der Waals surface area contributed by atoms with Crippen molar-refractivity contribution in [1.82, 2.24) is 14.8 Å². The molecule has 1 aliphatic heterocycles. The first-order chi connectivity index (χ1) is 17.6. The Morgan fingerprint density at radius 2 is 1.81 bits per heavy atom. The second-order valence-corrected chi connectivity index (χ2v) is 9.43. The molecule has 0 bridgehead atoms. The molecule has 0 radical (unpaired) electrons. The van der Waals surface area contributed by atoms with Crippen LogP contribution in [-0.4, -0.2) is 33.2 Å². The van der Waals surface area contributed by atoms with Crippen molar-refractivity contribution in [1.29, 1.82) is 0 Å². The topological polar surface area (TPSA) is 87.5 Å². The second kappa shape index (κ2) is 10.7. The van der Waals surface area contributed by atoms with Gasteiger partial charge in [0.05, 0.1) is 5.75 Å². The Kier molecular flexibility index (Phi) is 7.08. The number of nitrogens with one attached hydrogen (secondary N) is 1. The molecule has 4 aromatic rings. The van der Waals surface area contributed by atoms with Gasteiger partial charge in [-0.05, 0) is 47.9 Å². The van der Waals surface area contributed by atoms with Gasteiger partial charge in [0.2, 0.25) is 12.7 Å². The van der Waals surface area contributed by atoms with Crippen molar-refractivity contribution in [2.45, 2.75) is 31.5 Å². The number of nitrogens with zero attached hydrogens (tertiary/aromatic N) is 3. The third kappa shape index (κ3) is 5.46. The number of rotatable bonds is 9. The zero-order chi connectivity index (χ0) is 24.9. The Bertz CT molecular complexity index is 1340. The molecule has 1 amide bonds. The predicted octanol–water partition coefficient (Wildman–Crippen LogP) is 5.43. The molecule has 9 heteroatoms. The van der Waals surface area contributed by atoms with Gasteiger partial charge in [-0.3, -0.25) is 9.36 Å². The van der Waals surface area contributed by atoms with E-state index in [0.717, 1.165) is 11.4 Å². The Morgan fingerprint density at radius 1 is 1.03 bits per heavy atom. The number of hydrogen-bond donors (Lipinski definition) is 1. The summed E-state index contributed by atoms with van der Waals surface area (Å²) in [5.74, 6) is 3.13. The second-order valence-electron chi connectivity index (χ2n) is 8.49. The van der Waals surface area contributed by atoms with Gasteiger partial charge < -0.3 is 19.5 Å². The standard InChI is InChI=1S/C27H26N4O4S/c1-18(2)19-8-10-20(11-9-19)28-26(32)16-36-27-30-29-25(31(27)21-6-4-3-5-7-21)15-33-22-12-13-23-24(14-22)35-17-34-23/h3-14,18H,15-17H2,1-2H3,(H,28,32). The number of carbonyl (C=O) groups is 1. The quantitative estimate of drug-likeness (QED) is 0.305. The maximum Gasteiger partial charge on any atom is 0.234 e. The highest BCUT2D eigenvalue weighted by atomic mass is 32.2. The monoisotopic (exact) mass is 502 g/mol.